The highest BCUT2D eigenvalue weighted by atomic mass is 32.2. The van der Waals surface area contributed by atoms with Gasteiger partial charge in [-0.3, -0.25) is 4.90 Å². The molecule has 0 spiro atoms. The van der Waals surface area contributed by atoms with E-state index in [1.54, 1.807) is 6.07 Å². The lowest BCUT2D eigenvalue weighted by atomic mass is 10.2. The Morgan fingerprint density at radius 1 is 1.58 bits per heavy atom. The summed E-state index contributed by atoms with van der Waals surface area (Å²) >= 11 is 0. The highest BCUT2D eigenvalue weighted by Gasteiger charge is 2.26. The summed E-state index contributed by atoms with van der Waals surface area (Å²) in [6.07, 6.45) is 3.57. The molecule has 0 saturated carbocycles. The molecule has 106 valence electrons. The van der Waals surface area contributed by atoms with E-state index in [2.05, 4.69) is 21.5 Å². The van der Waals surface area contributed by atoms with E-state index in [9.17, 15) is 8.42 Å². The van der Waals surface area contributed by atoms with Gasteiger partial charge in [-0.25, -0.2) is 18.1 Å². The molecule has 1 saturated heterocycles. The Hall–Kier alpha value is -1.18. The minimum absolute atomic E-state index is 0.0870. The lowest BCUT2D eigenvalue weighted by Gasteiger charge is -2.22. The van der Waals surface area contributed by atoms with Gasteiger partial charge in [-0.2, -0.15) is 0 Å². The van der Waals surface area contributed by atoms with Crippen molar-refractivity contribution in [3.63, 3.8) is 0 Å². The summed E-state index contributed by atoms with van der Waals surface area (Å²) in [5.74, 6) is 0. The van der Waals surface area contributed by atoms with E-state index in [1.807, 2.05) is 0 Å². The average Bonchev–Trinajstić information content (AvgIpc) is 2.84. The van der Waals surface area contributed by atoms with Crippen LogP contribution in [0.2, 0.25) is 0 Å². The van der Waals surface area contributed by atoms with E-state index in [-0.39, 0.29) is 16.8 Å². The molecule has 3 N–H and O–H groups in total. The molecular weight excluding hydrogens is 264 g/mol. The number of nitrogens with one attached hydrogen (secondary N) is 1. The molecule has 0 aliphatic carbocycles. The molecule has 1 aromatic rings. The minimum atomic E-state index is -3.62. The van der Waals surface area contributed by atoms with Gasteiger partial charge in [0.05, 0.1) is 5.69 Å². The highest BCUT2D eigenvalue weighted by Crippen LogP contribution is 2.18. The van der Waals surface area contributed by atoms with Crippen molar-refractivity contribution in [1.82, 2.24) is 14.6 Å². The van der Waals surface area contributed by atoms with Crippen molar-refractivity contribution in [3.8, 4) is 0 Å². The van der Waals surface area contributed by atoms with Gasteiger partial charge in [-0.1, -0.05) is 6.92 Å². The first kappa shape index (κ1) is 14.2. The quantitative estimate of drug-likeness (QED) is 0.818. The largest absolute Gasteiger partial charge is 0.396 e. The molecule has 0 radical (unpaired) electrons. The Balaban J connectivity index is 2.04. The lowest BCUT2D eigenvalue weighted by molar-refractivity contribution is 0.268. The van der Waals surface area contributed by atoms with Crippen LogP contribution in [0, 0.1) is 0 Å². The van der Waals surface area contributed by atoms with Crippen LogP contribution in [0.1, 0.15) is 19.8 Å². The Morgan fingerprint density at radius 2 is 2.37 bits per heavy atom. The van der Waals surface area contributed by atoms with Gasteiger partial charge in [-0.05, 0) is 38.1 Å². The Morgan fingerprint density at radius 3 is 3.05 bits per heavy atom. The van der Waals surface area contributed by atoms with Crippen molar-refractivity contribution in [1.29, 1.82) is 0 Å². The Kier molecular flexibility index (Phi) is 4.38. The molecule has 2 heterocycles. The third-order valence-electron chi connectivity index (χ3n) is 3.47. The van der Waals surface area contributed by atoms with Crippen molar-refractivity contribution in [3.05, 3.63) is 18.3 Å². The Bertz CT molecular complexity index is 532. The first-order valence-corrected chi connectivity index (χ1v) is 7.97. The molecule has 1 unspecified atom stereocenters. The second-order valence-electron chi connectivity index (χ2n) is 4.67. The monoisotopic (exact) mass is 284 g/mol. The summed E-state index contributed by atoms with van der Waals surface area (Å²) in [6.45, 7) is 4.47. The van der Waals surface area contributed by atoms with Crippen LogP contribution in [0.5, 0.6) is 0 Å². The second-order valence-corrected chi connectivity index (χ2v) is 6.36. The molecule has 1 aromatic heterocycles. The fourth-order valence-corrected chi connectivity index (χ4v) is 3.57. The second kappa shape index (κ2) is 5.85. The topological polar surface area (TPSA) is 88.3 Å². The van der Waals surface area contributed by atoms with Crippen LogP contribution in [-0.4, -0.2) is 44.0 Å². The van der Waals surface area contributed by atoms with Gasteiger partial charge in [0.25, 0.3) is 10.0 Å². The average molecular weight is 284 g/mol. The molecule has 1 aliphatic heterocycles. The SMILES string of the molecule is CCN1CCCC1CNS(=O)(=O)c1ncccc1N. The van der Waals surface area contributed by atoms with Crippen LogP contribution in [0.4, 0.5) is 5.69 Å². The van der Waals surface area contributed by atoms with Gasteiger partial charge in [-0.15, -0.1) is 0 Å². The molecule has 0 bridgehead atoms. The van der Waals surface area contributed by atoms with E-state index in [4.69, 9.17) is 5.73 Å². The molecule has 2 rings (SSSR count). The molecule has 7 heteroatoms. The number of aromatic nitrogens is 1. The van der Waals surface area contributed by atoms with E-state index in [0.29, 0.717) is 6.54 Å². The molecule has 1 atom stereocenters. The van der Waals surface area contributed by atoms with Gasteiger partial charge >= 0.3 is 0 Å². The highest BCUT2D eigenvalue weighted by molar-refractivity contribution is 7.89. The first-order valence-electron chi connectivity index (χ1n) is 6.49. The van der Waals surface area contributed by atoms with Crippen LogP contribution in [0.25, 0.3) is 0 Å². The van der Waals surface area contributed by atoms with Crippen molar-refractivity contribution < 1.29 is 8.42 Å². The molecule has 0 amide bonds. The van der Waals surface area contributed by atoms with Crippen molar-refractivity contribution in [2.45, 2.75) is 30.8 Å². The van der Waals surface area contributed by atoms with Crippen LogP contribution >= 0.6 is 0 Å². The van der Waals surface area contributed by atoms with E-state index in [1.165, 1.54) is 12.3 Å². The predicted molar refractivity (Wildman–Crippen MR) is 74.1 cm³/mol. The van der Waals surface area contributed by atoms with E-state index >= 15 is 0 Å². The third kappa shape index (κ3) is 3.23. The van der Waals surface area contributed by atoms with Gasteiger partial charge in [0, 0.05) is 18.8 Å². The molecule has 1 fully saturated rings. The van der Waals surface area contributed by atoms with Crippen LogP contribution in [0.3, 0.4) is 0 Å². The van der Waals surface area contributed by atoms with E-state index in [0.717, 1.165) is 25.9 Å². The van der Waals surface area contributed by atoms with Crippen LogP contribution < -0.4 is 10.5 Å². The van der Waals surface area contributed by atoms with Gasteiger partial charge in [0.15, 0.2) is 5.03 Å². The molecule has 0 aromatic carbocycles. The maximum atomic E-state index is 12.1. The van der Waals surface area contributed by atoms with Crippen LogP contribution in [-0.2, 0) is 10.0 Å². The van der Waals surface area contributed by atoms with E-state index < -0.39 is 10.0 Å². The number of likely N-dealkylation sites (tertiary alicyclic amines) is 1. The molecule has 19 heavy (non-hydrogen) atoms. The molecule has 1 aliphatic rings. The van der Waals surface area contributed by atoms with Crippen molar-refractivity contribution >= 4 is 15.7 Å². The van der Waals surface area contributed by atoms with Gasteiger partial charge in [0.1, 0.15) is 0 Å². The normalized spacial score (nSPS) is 20.8. The number of hydrogen-bond acceptors (Lipinski definition) is 5. The summed E-state index contributed by atoms with van der Waals surface area (Å²) in [6, 6.07) is 3.42. The number of nitrogens with two attached hydrogens (primary N) is 1. The fourth-order valence-electron chi connectivity index (χ4n) is 2.44. The van der Waals surface area contributed by atoms with Crippen LogP contribution in [0.15, 0.2) is 23.4 Å². The number of sulfonamides is 1. The summed E-state index contributed by atoms with van der Waals surface area (Å²) < 4.78 is 26.9. The van der Waals surface area contributed by atoms with Crippen molar-refractivity contribution in [2.75, 3.05) is 25.4 Å². The summed E-state index contributed by atoms with van der Waals surface area (Å²) in [7, 11) is -3.62. The number of nitrogen functional groups attached to an aromatic ring is 1. The zero-order valence-electron chi connectivity index (χ0n) is 11.0. The lowest BCUT2D eigenvalue weighted by Crippen LogP contribution is -2.40. The number of anilines is 1. The van der Waals surface area contributed by atoms with Gasteiger partial charge < -0.3 is 5.73 Å². The molecular formula is C12H20N4O2S. The zero-order valence-corrected chi connectivity index (χ0v) is 11.9. The standard InChI is InChI=1S/C12H20N4O2S/c1-2-16-8-4-5-10(16)9-15-19(17,18)12-11(13)6-3-7-14-12/h3,6-7,10,15H,2,4-5,8-9,13H2,1H3. The smallest absolute Gasteiger partial charge is 0.260 e. The summed E-state index contributed by atoms with van der Waals surface area (Å²) in [4.78, 5) is 6.13. The van der Waals surface area contributed by atoms with Gasteiger partial charge in [0.2, 0.25) is 0 Å². The predicted octanol–water partition coefficient (Wildman–Crippen LogP) is 0.426. The summed E-state index contributed by atoms with van der Waals surface area (Å²) in [5.41, 5.74) is 5.83. The summed E-state index contributed by atoms with van der Waals surface area (Å²) in [5, 5.41) is -0.0870. The first-order chi connectivity index (χ1) is 9.04. The number of hydrogen-bond donors (Lipinski definition) is 2. The third-order valence-corrected chi connectivity index (χ3v) is 4.87. The number of pyridine rings is 1. The fraction of sp³-hybridized carbons (Fsp3) is 0.583. The maximum Gasteiger partial charge on any atom is 0.260 e. The Labute approximate surface area is 114 Å². The number of rotatable bonds is 5. The number of nitrogens with zero attached hydrogens (tertiary/aromatic N) is 2. The number of likely N-dealkylation sites (N-methyl/N-ethyl adjacent to an activating group) is 1. The zero-order chi connectivity index (χ0) is 13.9. The maximum absolute atomic E-state index is 12.1. The van der Waals surface area contributed by atoms with Crippen molar-refractivity contribution in [2.24, 2.45) is 0 Å². The minimum Gasteiger partial charge on any atom is -0.396 e. The molecule has 6 nitrogen and oxygen atoms in total.